The van der Waals surface area contributed by atoms with Gasteiger partial charge in [-0.1, -0.05) is 74.5 Å². The zero-order chi connectivity index (χ0) is 52.5. The lowest BCUT2D eigenvalue weighted by Gasteiger charge is -2.31. The first-order valence-electron chi connectivity index (χ1n) is 23.9. The van der Waals surface area contributed by atoms with Gasteiger partial charge in [-0.3, -0.25) is 19.2 Å². The molecule has 6 N–H and O–H groups in total. The van der Waals surface area contributed by atoms with Gasteiger partial charge in [0.2, 0.25) is 23.6 Å². The van der Waals surface area contributed by atoms with Gasteiger partial charge in [-0.05, 0) is 105 Å². The summed E-state index contributed by atoms with van der Waals surface area (Å²) >= 11 is 0. The van der Waals surface area contributed by atoms with Crippen LogP contribution in [0.3, 0.4) is 0 Å². The number of ether oxygens (including phenoxy) is 4. The van der Waals surface area contributed by atoms with Crippen LogP contribution in [0.15, 0.2) is 60.7 Å². The van der Waals surface area contributed by atoms with E-state index in [-0.39, 0.29) is 57.7 Å². The summed E-state index contributed by atoms with van der Waals surface area (Å²) in [7, 11) is 1.17. The summed E-state index contributed by atoms with van der Waals surface area (Å²) in [6.07, 6.45) is -1.27. The summed E-state index contributed by atoms with van der Waals surface area (Å²) in [5.41, 5.74) is -2.66. The summed E-state index contributed by atoms with van der Waals surface area (Å²) in [6, 6.07) is 13.2. The molecule has 2 aromatic rings. The van der Waals surface area contributed by atoms with Crippen molar-refractivity contribution in [1.29, 1.82) is 0 Å². The molecule has 70 heavy (non-hydrogen) atoms. The predicted octanol–water partition coefficient (Wildman–Crippen LogP) is 5.23. The second-order valence-corrected chi connectivity index (χ2v) is 21.0. The number of amides is 7. The average Bonchev–Trinajstić information content (AvgIpc) is 3.67. The standard InChI is InChI=1S/C51H77N7O12/c1-33(2)29-37(54-41(60)38(30-34-21-15-13-16-22-34)55-42(61)39(31-35-23-17-14-18-24-35)56-46(65)69-49(6,7)8)40(59)53-36(25-19-20-27-52-45(64)68-48(3,4)5)43(62)58-28-26-51(32-58,44(63)67-12)57-47(66)70-50(9,10)11/h13-18,21-24,33,36-39H,19-20,25-32H2,1-12H3,(H,52,64)(H,53,59)(H,54,60)(H,55,61)(H,56,65)(H,57,66)/t36-,37-,38-,39-,51?/m1/s1. The lowest BCUT2D eigenvalue weighted by Crippen LogP contribution is -2.60. The highest BCUT2D eigenvalue weighted by Crippen LogP contribution is 2.26. The van der Waals surface area contributed by atoms with E-state index in [9.17, 15) is 38.4 Å². The quantitative estimate of drug-likeness (QED) is 0.0535. The van der Waals surface area contributed by atoms with Gasteiger partial charge in [0.1, 0.15) is 41.0 Å². The van der Waals surface area contributed by atoms with Crippen LogP contribution in [0.2, 0.25) is 0 Å². The van der Waals surface area contributed by atoms with Gasteiger partial charge in [0.25, 0.3) is 0 Å². The van der Waals surface area contributed by atoms with Gasteiger partial charge in [0, 0.05) is 32.4 Å². The van der Waals surface area contributed by atoms with Crippen LogP contribution < -0.4 is 31.9 Å². The fourth-order valence-corrected chi connectivity index (χ4v) is 7.56. The van der Waals surface area contributed by atoms with Crippen LogP contribution in [-0.4, -0.2) is 126 Å². The van der Waals surface area contributed by atoms with Gasteiger partial charge in [-0.25, -0.2) is 19.2 Å². The molecular formula is C51H77N7O12. The number of hydrogen-bond donors (Lipinski definition) is 6. The number of unbranched alkanes of at least 4 members (excludes halogenated alkanes) is 1. The smallest absolute Gasteiger partial charge is 0.408 e. The van der Waals surface area contributed by atoms with Gasteiger partial charge in [-0.15, -0.1) is 0 Å². The second-order valence-electron chi connectivity index (χ2n) is 21.0. The first-order valence-corrected chi connectivity index (χ1v) is 23.9. The number of hydrogen-bond acceptors (Lipinski definition) is 12. The van der Waals surface area contributed by atoms with Gasteiger partial charge >= 0.3 is 24.2 Å². The van der Waals surface area contributed by atoms with E-state index in [0.29, 0.717) is 18.4 Å². The normalized spacial score (nSPS) is 16.6. The van der Waals surface area contributed by atoms with E-state index in [1.165, 1.54) is 12.0 Å². The number of carbonyl (C=O) groups excluding carboxylic acids is 8. The minimum Gasteiger partial charge on any atom is -0.467 e. The summed E-state index contributed by atoms with van der Waals surface area (Å²) in [6.45, 7) is 19.0. The number of carbonyl (C=O) groups is 8. The summed E-state index contributed by atoms with van der Waals surface area (Å²) in [5, 5.41) is 16.5. The minimum absolute atomic E-state index is 0.00874. The lowest BCUT2D eigenvalue weighted by molar-refractivity contribution is -0.148. The maximum atomic E-state index is 14.5. The number of rotatable bonds is 21. The molecule has 0 saturated carbocycles. The zero-order valence-corrected chi connectivity index (χ0v) is 43.1. The van der Waals surface area contributed by atoms with Crippen molar-refractivity contribution in [1.82, 2.24) is 36.8 Å². The van der Waals surface area contributed by atoms with E-state index in [1.807, 2.05) is 26.0 Å². The van der Waals surface area contributed by atoms with Crippen molar-refractivity contribution in [2.24, 2.45) is 5.92 Å². The summed E-state index contributed by atoms with van der Waals surface area (Å²) < 4.78 is 21.3. The van der Waals surface area contributed by atoms with Gasteiger partial charge in [-0.2, -0.15) is 0 Å². The Kier molecular flexibility index (Phi) is 21.5. The molecule has 0 aliphatic carbocycles. The molecule has 7 amide bonds. The third kappa shape index (κ3) is 20.7. The Labute approximate surface area is 413 Å². The molecule has 1 fully saturated rings. The Bertz CT molecular complexity index is 2080. The highest BCUT2D eigenvalue weighted by molar-refractivity contribution is 5.96. The molecule has 388 valence electrons. The molecule has 1 aliphatic heterocycles. The molecule has 1 aliphatic rings. The van der Waals surface area contributed by atoms with Gasteiger partial charge in [0.15, 0.2) is 5.54 Å². The number of likely N-dealkylation sites (tertiary alicyclic amines) is 1. The maximum Gasteiger partial charge on any atom is 0.408 e. The van der Waals surface area contributed by atoms with Crippen LogP contribution in [-0.2, 0) is 55.8 Å². The zero-order valence-electron chi connectivity index (χ0n) is 43.1. The molecular weight excluding hydrogens is 903 g/mol. The van der Waals surface area contributed by atoms with Crippen LogP contribution >= 0.6 is 0 Å². The van der Waals surface area contributed by atoms with Crippen LogP contribution in [0.4, 0.5) is 14.4 Å². The molecule has 0 bridgehead atoms. The van der Waals surface area contributed by atoms with Crippen molar-refractivity contribution < 1.29 is 57.3 Å². The fourth-order valence-electron chi connectivity index (χ4n) is 7.56. The Hall–Kier alpha value is -6.40. The maximum absolute atomic E-state index is 14.5. The van der Waals surface area contributed by atoms with E-state index in [0.717, 1.165) is 5.56 Å². The predicted molar refractivity (Wildman–Crippen MR) is 262 cm³/mol. The molecule has 1 saturated heterocycles. The van der Waals surface area contributed by atoms with E-state index < -0.39 is 94.4 Å². The van der Waals surface area contributed by atoms with Crippen LogP contribution in [0.25, 0.3) is 0 Å². The number of nitrogens with one attached hydrogen (secondary N) is 6. The number of nitrogens with zero attached hydrogens (tertiary/aromatic N) is 1. The molecule has 0 radical (unpaired) electrons. The molecule has 19 heteroatoms. The van der Waals surface area contributed by atoms with E-state index >= 15 is 0 Å². The van der Waals surface area contributed by atoms with E-state index in [4.69, 9.17) is 18.9 Å². The van der Waals surface area contributed by atoms with E-state index in [2.05, 4.69) is 31.9 Å². The van der Waals surface area contributed by atoms with Crippen molar-refractivity contribution >= 4 is 47.9 Å². The Balaban J connectivity index is 1.93. The van der Waals surface area contributed by atoms with Crippen molar-refractivity contribution in [2.75, 3.05) is 26.7 Å². The molecule has 2 aromatic carbocycles. The molecule has 0 aromatic heterocycles. The SMILES string of the molecule is COC(=O)C1(NC(=O)OC(C)(C)C)CCN(C(=O)[C@@H](CCCCNC(=O)OC(C)(C)C)NC(=O)[C@@H](CC(C)C)NC(=O)[C@@H](Cc2ccccc2)NC(=O)[C@@H](Cc2ccccc2)NC(=O)OC(C)(C)C)C1. The van der Waals surface area contributed by atoms with Crippen LogP contribution in [0.1, 0.15) is 119 Å². The average molecular weight is 980 g/mol. The Morgan fingerprint density at radius 3 is 1.56 bits per heavy atom. The van der Waals surface area contributed by atoms with Crippen LogP contribution in [0.5, 0.6) is 0 Å². The van der Waals surface area contributed by atoms with Gasteiger partial charge in [0.05, 0.1) is 13.7 Å². The first-order chi connectivity index (χ1) is 32.6. The molecule has 19 nitrogen and oxygen atoms in total. The number of benzene rings is 2. The van der Waals surface area contributed by atoms with Crippen LogP contribution in [0, 0.1) is 5.92 Å². The topological polar surface area (TPSA) is 249 Å². The molecule has 1 heterocycles. The third-order valence-corrected chi connectivity index (χ3v) is 10.6. The third-order valence-electron chi connectivity index (χ3n) is 10.6. The molecule has 5 atom stereocenters. The Morgan fingerprint density at radius 1 is 0.600 bits per heavy atom. The van der Waals surface area contributed by atoms with Gasteiger partial charge < -0.3 is 55.7 Å². The second kappa shape index (κ2) is 26.0. The lowest BCUT2D eigenvalue weighted by atomic mass is 9.99. The number of methoxy groups -OCH3 is 1. The summed E-state index contributed by atoms with van der Waals surface area (Å²) in [4.78, 5) is 111. The number of esters is 1. The number of alkyl carbamates (subject to hydrolysis) is 3. The monoisotopic (exact) mass is 980 g/mol. The Morgan fingerprint density at radius 2 is 1.06 bits per heavy atom. The largest absolute Gasteiger partial charge is 0.467 e. The molecule has 1 unspecified atom stereocenters. The van der Waals surface area contributed by atoms with Crippen molar-refractivity contribution in [2.45, 2.75) is 168 Å². The molecule has 0 spiro atoms. The van der Waals surface area contributed by atoms with E-state index in [1.54, 1.807) is 111 Å². The molecule has 3 rings (SSSR count). The summed E-state index contributed by atoms with van der Waals surface area (Å²) in [5.74, 6) is -3.53. The fraction of sp³-hybridized carbons (Fsp3) is 0.608. The minimum atomic E-state index is -1.65. The highest BCUT2D eigenvalue weighted by atomic mass is 16.6. The van der Waals surface area contributed by atoms with Crippen molar-refractivity contribution in [3.05, 3.63) is 71.8 Å². The van der Waals surface area contributed by atoms with Crippen molar-refractivity contribution in [3.8, 4) is 0 Å². The first kappa shape index (κ1) is 57.9. The van der Waals surface area contributed by atoms with Crippen molar-refractivity contribution in [3.63, 3.8) is 0 Å². The highest BCUT2D eigenvalue weighted by Gasteiger charge is 2.50.